The molecule has 0 aromatic heterocycles. The molecule has 0 nitrogen and oxygen atoms in total. The van der Waals surface area contributed by atoms with Crippen molar-refractivity contribution in [3.8, 4) is 11.1 Å². The van der Waals surface area contributed by atoms with E-state index < -0.39 is 0 Å². The summed E-state index contributed by atoms with van der Waals surface area (Å²) in [6.07, 6.45) is 0. The van der Waals surface area contributed by atoms with Crippen molar-refractivity contribution in [3.63, 3.8) is 0 Å². The summed E-state index contributed by atoms with van der Waals surface area (Å²) >= 11 is 5.96. The first-order valence-corrected chi connectivity index (χ1v) is 6.79. The topological polar surface area (TPSA) is 0 Å². The van der Waals surface area contributed by atoms with Gasteiger partial charge in [0.1, 0.15) is 0 Å². The minimum Gasteiger partial charge on any atom is -0.0843 e. The fourth-order valence-corrected chi connectivity index (χ4v) is 2.61. The fourth-order valence-electron chi connectivity index (χ4n) is 2.49. The third-order valence-corrected chi connectivity index (χ3v) is 3.80. The molecule has 0 atom stereocenters. The van der Waals surface area contributed by atoms with Crippen LogP contribution in [0.4, 0.5) is 0 Å². The minimum atomic E-state index is 0.774. The van der Waals surface area contributed by atoms with E-state index in [0.29, 0.717) is 0 Å². The van der Waals surface area contributed by atoms with Crippen molar-refractivity contribution in [3.05, 3.63) is 70.7 Å². The van der Waals surface area contributed by atoms with Crippen molar-refractivity contribution in [1.82, 2.24) is 0 Å². The standard InChI is InChI=1S/C18H15Cl/c1-12-3-9-17-16(10-4-13(2)18(17)11-12)14-5-7-15(19)8-6-14/h3-11H,1-2H3. The molecule has 0 aliphatic heterocycles. The summed E-state index contributed by atoms with van der Waals surface area (Å²) in [5, 5.41) is 3.40. The largest absolute Gasteiger partial charge is 0.0843 e. The van der Waals surface area contributed by atoms with Gasteiger partial charge in [-0.2, -0.15) is 0 Å². The maximum absolute atomic E-state index is 5.96. The highest BCUT2D eigenvalue weighted by molar-refractivity contribution is 6.30. The summed E-state index contributed by atoms with van der Waals surface area (Å²) in [4.78, 5) is 0. The number of halogens is 1. The average molecular weight is 267 g/mol. The molecule has 0 aliphatic rings. The van der Waals surface area contributed by atoms with Crippen LogP contribution >= 0.6 is 11.6 Å². The molecule has 3 aromatic rings. The average Bonchev–Trinajstić information content (AvgIpc) is 2.41. The first kappa shape index (κ1) is 12.3. The van der Waals surface area contributed by atoms with E-state index in [4.69, 9.17) is 11.6 Å². The van der Waals surface area contributed by atoms with E-state index in [2.05, 4.69) is 56.3 Å². The first-order valence-electron chi connectivity index (χ1n) is 6.41. The van der Waals surface area contributed by atoms with Gasteiger partial charge in [-0.1, -0.05) is 59.6 Å². The molecular weight excluding hydrogens is 252 g/mol. The molecule has 1 heteroatoms. The summed E-state index contributed by atoms with van der Waals surface area (Å²) in [5.74, 6) is 0. The number of rotatable bonds is 1. The van der Waals surface area contributed by atoms with Gasteiger partial charge in [0.25, 0.3) is 0 Å². The minimum absolute atomic E-state index is 0.774. The zero-order valence-electron chi connectivity index (χ0n) is 11.1. The van der Waals surface area contributed by atoms with Gasteiger partial charge in [0.15, 0.2) is 0 Å². The van der Waals surface area contributed by atoms with Crippen molar-refractivity contribution in [2.45, 2.75) is 13.8 Å². The summed E-state index contributed by atoms with van der Waals surface area (Å²) in [5.41, 5.74) is 5.08. The Balaban J connectivity index is 2.30. The van der Waals surface area contributed by atoms with E-state index in [9.17, 15) is 0 Å². The Kier molecular flexibility index (Phi) is 3.04. The van der Waals surface area contributed by atoms with Crippen LogP contribution in [0.5, 0.6) is 0 Å². The van der Waals surface area contributed by atoms with Gasteiger partial charge in [-0.15, -0.1) is 0 Å². The summed E-state index contributed by atoms with van der Waals surface area (Å²) in [6, 6.07) is 19.0. The van der Waals surface area contributed by atoms with Gasteiger partial charge in [0.2, 0.25) is 0 Å². The number of fused-ring (bicyclic) bond motifs is 1. The van der Waals surface area contributed by atoms with Gasteiger partial charge in [-0.25, -0.2) is 0 Å². The van der Waals surface area contributed by atoms with Crippen LogP contribution in [0.1, 0.15) is 11.1 Å². The van der Waals surface area contributed by atoms with E-state index in [1.807, 2.05) is 12.1 Å². The Morgan fingerprint density at radius 3 is 2.21 bits per heavy atom. The van der Waals surface area contributed by atoms with Gasteiger partial charge in [0, 0.05) is 5.02 Å². The molecule has 0 bridgehead atoms. The summed E-state index contributed by atoms with van der Waals surface area (Å²) < 4.78 is 0. The number of hydrogen-bond donors (Lipinski definition) is 0. The molecule has 0 amide bonds. The molecule has 3 aromatic carbocycles. The number of aryl methyl sites for hydroxylation is 2. The van der Waals surface area contributed by atoms with Crippen LogP contribution in [0.2, 0.25) is 5.02 Å². The summed E-state index contributed by atoms with van der Waals surface area (Å²) in [6.45, 7) is 4.29. The van der Waals surface area contributed by atoms with Crippen LogP contribution < -0.4 is 0 Å². The highest BCUT2D eigenvalue weighted by Gasteiger charge is 2.06. The molecule has 19 heavy (non-hydrogen) atoms. The summed E-state index contributed by atoms with van der Waals surface area (Å²) in [7, 11) is 0. The van der Waals surface area contributed by atoms with Crippen LogP contribution in [0.25, 0.3) is 21.9 Å². The Morgan fingerprint density at radius 1 is 0.737 bits per heavy atom. The molecule has 3 rings (SSSR count). The second kappa shape index (κ2) is 4.71. The molecule has 0 radical (unpaired) electrons. The van der Waals surface area contributed by atoms with Gasteiger partial charge in [-0.3, -0.25) is 0 Å². The predicted octanol–water partition coefficient (Wildman–Crippen LogP) is 5.78. The van der Waals surface area contributed by atoms with Gasteiger partial charge in [0.05, 0.1) is 0 Å². The van der Waals surface area contributed by atoms with Crippen molar-refractivity contribution in [1.29, 1.82) is 0 Å². The highest BCUT2D eigenvalue weighted by atomic mass is 35.5. The van der Waals surface area contributed by atoms with Crippen molar-refractivity contribution < 1.29 is 0 Å². The lowest BCUT2D eigenvalue weighted by Crippen LogP contribution is -1.85. The van der Waals surface area contributed by atoms with E-state index in [0.717, 1.165) is 5.02 Å². The Labute approximate surface area is 118 Å². The fraction of sp³-hybridized carbons (Fsp3) is 0.111. The molecular formula is C18H15Cl. The maximum Gasteiger partial charge on any atom is 0.0406 e. The molecule has 94 valence electrons. The smallest absolute Gasteiger partial charge is 0.0406 e. The maximum atomic E-state index is 5.96. The Morgan fingerprint density at radius 2 is 1.47 bits per heavy atom. The Bertz CT molecular complexity index is 739. The van der Waals surface area contributed by atoms with Crippen molar-refractivity contribution in [2.24, 2.45) is 0 Å². The number of hydrogen-bond acceptors (Lipinski definition) is 0. The van der Waals surface area contributed by atoms with E-state index in [1.165, 1.54) is 33.0 Å². The van der Waals surface area contributed by atoms with Crippen molar-refractivity contribution >= 4 is 22.4 Å². The Hall–Kier alpha value is -1.79. The quantitative estimate of drug-likeness (QED) is 0.524. The predicted molar refractivity (Wildman–Crippen MR) is 83.9 cm³/mol. The second-order valence-corrected chi connectivity index (χ2v) is 5.42. The lowest BCUT2D eigenvalue weighted by molar-refractivity contribution is 1.47. The molecule has 0 unspecified atom stereocenters. The van der Waals surface area contributed by atoms with E-state index in [1.54, 1.807) is 0 Å². The second-order valence-electron chi connectivity index (χ2n) is 4.99. The lowest BCUT2D eigenvalue weighted by Gasteiger charge is -2.10. The van der Waals surface area contributed by atoms with Crippen LogP contribution in [0.3, 0.4) is 0 Å². The van der Waals surface area contributed by atoms with Crippen LogP contribution in [0, 0.1) is 13.8 Å². The molecule has 0 N–H and O–H groups in total. The lowest BCUT2D eigenvalue weighted by atomic mass is 9.94. The SMILES string of the molecule is Cc1ccc2c(-c3ccc(Cl)cc3)ccc(C)c2c1. The molecule has 0 saturated carbocycles. The third-order valence-electron chi connectivity index (χ3n) is 3.55. The van der Waals surface area contributed by atoms with E-state index in [-0.39, 0.29) is 0 Å². The normalized spacial score (nSPS) is 10.9. The molecule has 0 spiro atoms. The highest BCUT2D eigenvalue weighted by Crippen LogP contribution is 2.31. The van der Waals surface area contributed by atoms with Gasteiger partial charge >= 0.3 is 0 Å². The van der Waals surface area contributed by atoms with Crippen molar-refractivity contribution in [2.75, 3.05) is 0 Å². The zero-order chi connectivity index (χ0) is 13.4. The number of benzene rings is 3. The van der Waals surface area contributed by atoms with Crippen LogP contribution in [-0.4, -0.2) is 0 Å². The zero-order valence-corrected chi connectivity index (χ0v) is 11.8. The van der Waals surface area contributed by atoms with E-state index >= 15 is 0 Å². The molecule has 0 saturated heterocycles. The third kappa shape index (κ3) is 2.24. The molecule has 0 aliphatic carbocycles. The molecule has 0 heterocycles. The van der Waals surface area contributed by atoms with Gasteiger partial charge < -0.3 is 0 Å². The van der Waals surface area contributed by atoms with Gasteiger partial charge in [-0.05, 0) is 53.4 Å². The monoisotopic (exact) mass is 266 g/mol. The molecule has 0 fully saturated rings. The first-order chi connectivity index (χ1) is 9.15. The van der Waals surface area contributed by atoms with Crippen LogP contribution in [0.15, 0.2) is 54.6 Å². The van der Waals surface area contributed by atoms with Crippen LogP contribution in [-0.2, 0) is 0 Å².